The van der Waals surface area contributed by atoms with E-state index >= 15 is 0 Å². The molecule has 2 aliphatic carbocycles. The Morgan fingerprint density at radius 2 is 1.87 bits per heavy atom. The first-order valence-corrected chi connectivity index (χ1v) is 5.29. The number of fused-ring (bicyclic) bond motifs is 2. The van der Waals surface area contributed by atoms with Crippen LogP contribution in [-0.2, 0) is 9.59 Å². The van der Waals surface area contributed by atoms with Crippen LogP contribution >= 0.6 is 0 Å². The van der Waals surface area contributed by atoms with Gasteiger partial charge in [0.25, 0.3) is 0 Å². The van der Waals surface area contributed by atoms with Crippen LogP contribution in [0.1, 0.15) is 33.1 Å². The highest BCUT2D eigenvalue weighted by molar-refractivity contribution is 5.97. The molecule has 2 bridgehead atoms. The second-order valence-electron chi connectivity index (χ2n) is 4.91. The Hall–Kier alpha value is -0.740. The molecule has 0 amide bonds. The molecule has 2 saturated carbocycles. The second kappa shape index (κ2) is 2.89. The van der Waals surface area contributed by atoms with Crippen LogP contribution in [0.3, 0.4) is 0 Å². The van der Waals surface area contributed by atoms with Crippen LogP contribution in [0.5, 0.6) is 0 Å². The van der Waals surface area contributed by atoms with Crippen molar-refractivity contribution < 1.29 is 19.8 Å². The normalized spacial score (nSPS) is 48.3. The van der Waals surface area contributed by atoms with Crippen molar-refractivity contribution in [2.75, 3.05) is 0 Å². The molecule has 0 radical (unpaired) electrons. The van der Waals surface area contributed by atoms with Gasteiger partial charge < -0.3 is 10.2 Å². The maximum atomic E-state index is 11.7. The highest BCUT2D eigenvalue weighted by Crippen LogP contribution is 2.60. The van der Waals surface area contributed by atoms with Gasteiger partial charge in [0, 0.05) is 0 Å². The molecule has 84 valence electrons. The Kier molecular flexibility index (Phi) is 2.07. The molecule has 4 unspecified atom stereocenters. The van der Waals surface area contributed by atoms with Gasteiger partial charge in [0.2, 0.25) is 0 Å². The Morgan fingerprint density at radius 3 is 2.27 bits per heavy atom. The van der Waals surface area contributed by atoms with Crippen molar-refractivity contribution in [3.8, 4) is 0 Å². The topological polar surface area (TPSA) is 74.6 Å². The van der Waals surface area contributed by atoms with Crippen molar-refractivity contribution in [3.63, 3.8) is 0 Å². The third-order valence-corrected chi connectivity index (χ3v) is 4.37. The minimum atomic E-state index is -1.85. The predicted octanol–water partition coefficient (Wildman–Crippen LogP) is 0.0565. The molecule has 0 aromatic carbocycles. The summed E-state index contributed by atoms with van der Waals surface area (Å²) in [5, 5.41) is 20.2. The van der Waals surface area contributed by atoms with E-state index < -0.39 is 22.9 Å². The smallest absolute Gasteiger partial charge is 0.165 e. The van der Waals surface area contributed by atoms with E-state index in [0.29, 0.717) is 12.8 Å². The molecule has 4 heteroatoms. The van der Waals surface area contributed by atoms with Gasteiger partial charge in [-0.1, -0.05) is 0 Å². The largest absolute Gasteiger partial charge is 0.389 e. The van der Waals surface area contributed by atoms with Crippen LogP contribution in [0.4, 0.5) is 0 Å². The Bertz CT molecular complexity index is 323. The number of carbonyl (C=O) groups is 2. The van der Waals surface area contributed by atoms with E-state index in [4.69, 9.17) is 0 Å². The van der Waals surface area contributed by atoms with Crippen LogP contribution in [0.15, 0.2) is 0 Å². The van der Waals surface area contributed by atoms with Gasteiger partial charge in [-0.15, -0.1) is 0 Å². The van der Waals surface area contributed by atoms with Crippen molar-refractivity contribution >= 4 is 11.6 Å². The number of carbonyl (C=O) groups excluding carboxylic acids is 2. The number of rotatable bonds is 2. The maximum absolute atomic E-state index is 11.7. The highest BCUT2D eigenvalue weighted by Gasteiger charge is 2.71. The maximum Gasteiger partial charge on any atom is 0.165 e. The summed E-state index contributed by atoms with van der Waals surface area (Å²) >= 11 is 0. The Balaban J connectivity index is 2.54. The SMILES string of the molecule is CC(=O)C12CCC(C1)C(O)C2(O)C(C)=O. The lowest BCUT2D eigenvalue weighted by Crippen LogP contribution is -2.60. The van der Waals surface area contributed by atoms with Crippen molar-refractivity contribution in [3.05, 3.63) is 0 Å². The number of aliphatic hydroxyl groups excluding tert-OH is 1. The van der Waals surface area contributed by atoms with E-state index in [0.717, 1.165) is 6.42 Å². The van der Waals surface area contributed by atoms with Gasteiger partial charge in [0.05, 0.1) is 11.5 Å². The van der Waals surface area contributed by atoms with E-state index in [1.54, 1.807) is 0 Å². The van der Waals surface area contributed by atoms with Gasteiger partial charge >= 0.3 is 0 Å². The zero-order chi connectivity index (χ0) is 11.4. The van der Waals surface area contributed by atoms with E-state index in [2.05, 4.69) is 0 Å². The van der Waals surface area contributed by atoms with E-state index in [1.807, 2.05) is 0 Å². The predicted molar refractivity (Wildman–Crippen MR) is 52.1 cm³/mol. The number of aliphatic hydroxyl groups is 2. The molecule has 0 aromatic rings. The highest BCUT2D eigenvalue weighted by atomic mass is 16.4. The molecule has 0 saturated heterocycles. The van der Waals surface area contributed by atoms with Crippen LogP contribution < -0.4 is 0 Å². The Morgan fingerprint density at radius 1 is 1.27 bits per heavy atom. The molecule has 2 fully saturated rings. The molecule has 0 heterocycles. The third kappa shape index (κ3) is 0.988. The molecular formula is C11H16O4. The Labute approximate surface area is 88.3 Å². The monoisotopic (exact) mass is 212 g/mol. The van der Waals surface area contributed by atoms with Gasteiger partial charge in [-0.2, -0.15) is 0 Å². The van der Waals surface area contributed by atoms with Crippen LogP contribution in [0.25, 0.3) is 0 Å². The molecule has 2 aliphatic rings. The molecule has 4 nitrogen and oxygen atoms in total. The fourth-order valence-corrected chi connectivity index (χ4v) is 3.46. The fourth-order valence-electron chi connectivity index (χ4n) is 3.46. The molecule has 2 rings (SSSR count). The van der Waals surface area contributed by atoms with Crippen molar-refractivity contribution in [2.45, 2.75) is 44.8 Å². The van der Waals surface area contributed by atoms with Crippen LogP contribution in [0, 0.1) is 11.3 Å². The van der Waals surface area contributed by atoms with Crippen LogP contribution in [0.2, 0.25) is 0 Å². The minimum Gasteiger partial charge on any atom is -0.389 e. The van der Waals surface area contributed by atoms with Gasteiger partial charge in [-0.25, -0.2) is 0 Å². The lowest BCUT2D eigenvalue weighted by atomic mass is 9.66. The number of hydrogen-bond acceptors (Lipinski definition) is 4. The van der Waals surface area contributed by atoms with Crippen LogP contribution in [-0.4, -0.2) is 33.5 Å². The fraction of sp³-hybridized carbons (Fsp3) is 0.818. The number of hydrogen-bond donors (Lipinski definition) is 2. The van der Waals surface area contributed by atoms with E-state index in [-0.39, 0.29) is 11.7 Å². The molecular weight excluding hydrogens is 196 g/mol. The van der Waals surface area contributed by atoms with E-state index in [9.17, 15) is 19.8 Å². The molecule has 2 N–H and O–H groups in total. The zero-order valence-corrected chi connectivity index (χ0v) is 8.99. The lowest BCUT2D eigenvalue weighted by molar-refractivity contribution is -0.176. The summed E-state index contributed by atoms with van der Waals surface area (Å²) in [6, 6.07) is 0. The summed E-state index contributed by atoms with van der Waals surface area (Å²) in [5.41, 5.74) is -2.87. The summed E-state index contributed by atoms with van der Waals surface area (Å²) in [7, 11) is 0. The third-order valence-electron chi connectivity index (χ3n) is 4.37. The summed E-state index contributed by atoms with van der Waals surface area (Å²) in [6.07, 6.45) is 0.600. The number of Topliss-reactive ketones (excluding diaryl/α,β-unsaturated/α-hetero) is 2. The summed E-state index contributed by atoms with van der Waals surface area (Å²) in [6.45, 7) is 2.64. The van der Waals surface area contributed by atoms with Gasteiger partial charge in [-0.3, -0.25) is 9.59 Å². The van der Waals surface area contributed by atoms with Crippen molar-refractivity contribution in [2.24, 2.45) is 11.3 Å². The van der Waals surface area contributed by atoms with Crippen molar-refractivity contribution in [1.29, 1.82) is 0 Å². The molecule has 4 atom stereocenters. The van der Waals surface area contributed by atoms with Gasteiger partial charge in [0.15, 0.2) is 11.4 Å². The first kappa shape index (κ1) is 10.8. The average Bonchev–Trinajstić information content (AvgIpc) is 2.67. The zero-order valence-electron chi connectivity index (χ0n) is 8.99. The van der Waals surface area contributed by atoms with E-state index in [1.165, 1.54) is 13.8 Å². The average molecular weight is 212 g/mol. The summed E-state index contributed by atoms with van der Waals surface area (Å²) in [4.78, 5) is 23.2. The molecule has 0 aromatic heterocycles. The van der Waals surface area contributed by atoms with Gasteiger partial charge in [-0.05, 0) is 39.0 Å². The first-order valence-electron chi connectivity index (χ1n) is 5.29. The van der Waals surface area contributed by atoms with Crippen molar-refractivity contribution in [1.82, 2.24) is 0 Å². The molecule has 15 heavy (non-hydrogen) atoms. The standard InChI is InChI=1S/C11H16O4/c1-6(12)10-4-3-8(5-10)9(14)11(10,15)7(2)13/h8-9,14-15H,3-5H2,1-2H3. The first-order chi connectivity index (χ1) is 6.86. The minimum absolute atomic E-state index is 0.109. The second-order valence-corrected chi connectivity index (χ2v) is 4.91. The molecule has 0 aliphatic heterocycles. The lowest BCUT2D eigenvalue weighted by Gasteiger charge is -2.41. The summed E-state index contributed by atoms with van der Waals surface area (Å²) in [5.74, 6) is -0.783. The number of ketones is 2. The van der Waals surface area contributed by atoms with Gasteiger partial charge in [0.1, 0.15) is 5.78 Å². The molecule has 0 spiro atoms. The summed E-state index contributed by atoms with van der Waals surface area (Å²) < 4.78 is 0. The quantitative estimate of drug-likeness (QED) is 0.678.